The van der Waals surface area contributed by atoms with Gasteiger partial charge in [-0.1, -0.05) is 18.2 Å². The van der Waals surface area contributed by atoms with Crippen molar-refractivity contribution in [3.8, 4) is 0 Å². The normalized spacial score (nSPS) is 16.6. The van der Waals surface area contributed by atoms with E-state index in [4.69, 9.17) is 0 Å². The van der Waals surface area contributed by atoms with Crippen LogP contribution in [0.25, 0.3) is 0 Å². The summed E-state index contributed by atoms with van der Waals surface area (Å²) in [4.78, 5) is 4.11. The number of hydrogen-bond donors (Lipinski definition) is 1. The van der Waals surface area contributed by atoms with E-state index in [1.807, 2.05) is 30.3 Å². The lowest BCUT2D eigenvalue weighted by molar-refractivity contribution is 0.579. The molecule has 3 nitrogen and oxygen atoms in total. The van der Waals surface area contributed by atoms with Crippen LogP contribution >= 0.6 is 0 Å². The van der Waals surface area contributed by atoms with Crippen LogP contribution in [-0.2, 0) is 11.2 Å². The first-order chi connectivity index (χ1) is 10.7. The van der Waals surface area contributed by atoms with E-state index < -0.39 is 11.2 Å². The van der Waals surface area contributed by atoms with E-state index in [0.29, 0.717) is 0 Å². The fourth-order valence-electron chi connectivity index (χ4n) is 2.74. The minimum absolute atomic E-state index is 0.880. The summed E-state index contributed by atoms with van der Waals surface area (Å²) in [5, 5.41) is 3.36. The molecular weight excluding hydrogens is 292 g/mol. The molecule has 0 aliphatic carbocycles. The van der Waals surface area contributed by atoms with Crippen LogP contribution in [0.2, 0.25) is 0 Å². The molecule has 4 heteroatoms. The van der Waals surface area contributed by atoms with E-state index in [1.165, 1.54) is 11.1 Å². The van der Waals surface area contributed by atoms with Crippen molar-refractivity contribution in [3.05, 3.63) is 53.6 Å². The highest BCUT2D eigenvalue weighted by molar-refractivity contribution is 7.91. The maximum atomic E-state index is 13.0. The Labute approximate surface area is 135 Å². The van der Waals surface area contributed by atoms with Crippen molar-refractivity contribution in [3.63, 3.8) is 0 Å². The van der Waals surface area contributed by atoms with Crippen molar-refractivity contribution in [1.82, 2.24) is 5.32 Å². The third-order valence-electron chi connectivity index (χ3n) is 4.22. The van der Waals surface area contributed by atoms with E-state index in [2.05, 4.69) is 36.2 Å². The van der Waals surface area contributed by atoms with E-state index in [-0.39, 0.29) is 0 Å². The predicted octanol–water partition coefficient (Wildman–Crippen LogP) is 2.88. The molecule has 1 saturated heterocycles. The molecule has 0 spiro atoms. The van der Waals surface area contributed by atoms with Crippen molar-refractivity contribution >= 4 is 16.9 Å². The number of nitrogens with one attached hydrogen (secondary N) is 1. The maximum Gasteiger partial charge on any atom is 0.181 e. The quantitative estimate of drug-likeness (QED) is 0.885. The molecule has 1 N–H and O–H groups in total. The van der Waals surface area contributed by atoms with Gasteiger partial charge in [-0.3, -0.25) is 0 Å². The monoisotopic (exact) mass is 314 g/mol. The van der Waals surface area contributed by atoms with Crippen molar-refractivity contribution in [1.29, 1.82) is 0 Å². The van der Waals surface area contributed by atoms with Crippen molar-refractivity contribution in [2.75, 3.05) is 31.1 Å². The van der Waals surface area contributed by atoms with Gasteiger partial charge in [-0.05, 0) is 49.2 Å². The summed E-state index contributed by atoms with van der Waals surface area (Å²) in [6.07, 6.45) is 0. The zero-order valence-electron chi connectivity index (χ0n) is 13.1. The molecule has 0 amide bonds. The molecule has 22 heavy (non-hydrogen) atoms. The molecular formula is C18H22N2OS. The summed E-state index contributed by atoms with van der Waals surface area (Å²) in [5.74, 6) is 0. The zero-order valence-corrected chi connectivity index (χ0v) is 14.0. The third-order valence-corrected chi connectivity index (χ3v) is 5.64. The summed E-state index contributed by atoms with van der Waals surface area (Å²) in [6.45, 7) is 8.02. The molecule has 0 saturated carbocycles. The van der Waals surface area contributed by atoms with Gasteiger partial charge in [0.15, 0.2) is 9.79 Å². The number of rotatable bonds is 3. The van der Waals surface area contributed by atoms with Crippen LogP contribution in [0.4, 0.5) is 5.69 Å². The van der Waals surface area contributed by atoms with Crippen LogP contribution in [0.3, 0.4) is 0 Å². The Hall–Kier alpha value is -1.49. The molecule has 1 aliphatic rings. The van der Waals surface area contributed by atoms with Gasteiger partial charge in [0.05, 0.1) is 5.69 Å². The largest absolute Gasteiger partial charge is 0.606 e. The first kappa shape index (κ1) is 15.4. The summed E-state index contributed by atoms with van der Waals surface area (Å²) < 4.78 is 13.0. The highest BCUT2D eigenvalue weighted by Gasteiger charge is 2.23. The molecule has 2 aromatic rings. The average molecular weight is 314 g/mol. The van der Waals surface area contributed by atoms with Crippen LogP contribution in [0.5, 0.6) is 0 Å². The summed E-state index contributed by atoms with van der Waals surface area (Å²) in [5.41, 5.74) is 3.52. The summed E-state index contributed by atoms with van der Waals surface area (Å²) in [7, 11) is 0. The Bertz CT molecular complexity index is 653. The number of benzene rings is 2. The Morgan fingerprint density at radius 3 is 2.45 bits per heavy atom. The van der Waals surface area contributed by atoms with E-state index in [1.54, 1.807) is 0 Å². The van der Waals surface area contributed by atoms with Crippen molar-refractivity contribution in [2.24, 2.45) is 0 Å². The minimum atomic E-state index is -1.14. The molecule has 0 bridgehead atoms. The molecule has 1 atom stereocenters. The highest BCUT2D eigenvalue weighted by Crippen LogP contribution is 2.31. The molecule has 1 aliphatic heterocycles. The van der Waals surface area contributed by atoms with Gasteiger partial charge in [0.2, 0.25) is 0 Å². The number of nitrogens with zero attached hydrogens (tertiary/aromatic N) is 1. The molecule has 1 unspecified atom stereocenters. The predicted molar refractivity (Wildman–Crippen MR) is 92.1 cm³/mol. The van der Waals surface area contributed by atoms with Gasteiger partial charge in [0, 0.05) is 37.4 Å². The topological polar surface area (TPSA) is 38.3 Å². The highest BCUT2D eigenvalue weighted by atomic mass is 32.2. The van der Waals surface area contributed by atoms with Gasteiger partial charge in [0.25, 0.3) is 0 Å². The summed E-state index contributed by atoms with van der Waals surface area (Å²) >= 11 is -1.14. The second kappa shape index (κ2) is 6.73. The van der Waals surface area contributed by atoms with Crippen LogP contribution in [0.15, 0.2) is 52.3 Å². The van der Waals surface area contributed by atoms with E-state index >= 15 is 0 Å². The van der Waals surface area contributed by atoms with Crippen LogP contribution in [0.1, 0.15) is 11.1 Å². The first-order valence-corrected chi connectivity index (χ1v) is 8.85. The maximum absolute atomic E-state index is 13.0. The lowest BCUT2D eigenvalue weighted by Gasteiger charge is -2.30. The van der Waals surface area contributed by atoms with Crippen LogP contribution < -0.4 is 10.2 Å². The van der Waals surface area contributed by atoms with Gasteiger partial charge in [-0.25, -0.2) is 0 Å². The van der Waals surface area contributed by atoms with Gasteiger partial charge >= 0.3 is 0 Å². The standard InChI is InChI=1S/C18H22N2OS/c1-14-7-8-16(13-15(14)2)22(21)18-6-4-3-5-17(18)20-11-9-19-10-12-20/h3-8,13,19H,9-12H2,1-2H3. The second-order valence-electron chi connectivity index (χ2n) is 5.72. The first-order valence-electron chi connectivity index (χ1n) is 7.70. The molecule has 1 heterocycles. The second-order valence-corrected chi connectivity index (χ2v) is 7.17. The number of aryl methyl sites for hydroxylation is 2. The molecule has 116 valence electrons. The minimum Gasteiger partial charge on any atom is -0.606 e. The molecule has 1 fully saturated rings. The van der Waals surface area contributed by atoms with Gasteiger partial charge in [-0.2, -0.15) is 0 Å². The SMILES string of the molecule is Cc1ccc([S+]([O-])c2ccccc2N2CCNCC2)cc1C. The molecule has 3 rings (SSSR count). The average Bonchev–Trinajstić information content (AvgIpc) is 2.57. The Morgan fingerprint density at radius 1 is 1.00 bits per heavy atom. The van der Waals surface area contributed by atoms with E-state index in [0.717, 1.165) is 41.7 Å². The smallest absolute Gasteiger partial charge is 0.181 e. The Balaban J connectivity index is 1.94. The fourth-order valence-corrected chi connectivity index (χ4v) is 4.06. The molecule has 0 radical (unpaired) electrons. The zero-order chi connectivity index (χ0) is 15.5. The molecule has 0 aromatic heterocycles. The lowest BCUT2D eigenvalue weighted by atomic mass is 10.1. The van der Waals surface area contributed by atoms with Crippen molar-refractivity contribution < 1.29 is 4.55 Å². The van der Waals surface area contributed by atoms with Gasteiger partial charge < -0.3 is 14.8 Å². The Kier molecular flexibility index (Phi) is 4.71. The number of hydrogen-bond acceptors (Lipinski definition) is 3. The van der Waals surface area contributed by atoms with Crippen molar-refractivity contribution in [2.45, 2.75) is 23.6 Å². The fraction of sp³-hybridized carbons (Fsp3) is 0.333. The van der Waals surface area contributed by atoms with Gasteiger partial charge in [0.1, 0.15) is 0 Å². The van der Waals surface area contributed by atoms with Crippen LogP contribution in [0, 0.1) is 13.8 Å². The Morgan fingerprint density at radius 2 is 1.73 bits per heavy atom. The number of anilines is 1. The van der Waals surface area contributed by atoms with E-state index in [9.17, 15) is 4.55 Å². The molecule has 2 aromatic carbocycles. The van der Waals surface area contributed by atoms with Crippen LogP contribution in [-0.4, -0.2) is 30.7 Å². The lowest BCUT2D eigenvalue weighted by Crippen LogP contribution is -2.44. The summed E-state index contributed by atoms with van der Waals surface area (Å²) in [6, 6.07) is 14.1. The van der Waals surface area contributed by atoms with Gasteiger partial charge in [-0.15, -0.1) is 0 Å². The third kappa shape index (κ3) is 3.14. The number of para-hydroxylation sites is 1. The number of piperazine rings is 1.